The summed E-state index contributed by atoms with van der Waals surface area (Å²) in [5.74, 6) is -0.251. The van der Waals surface area contributed by atoms with Crippen molar-refractivity contribution in [2.24, 2.45) is 7.05 Å². The van der Waals surface area contributed by atoms with E-state index in [9.17, 15) is 13.9 Å². The zero-order valence-electron chi connectivity index (χ0n) is 25.1. The molecule has 43 heavy (non-hydrogen) atoms. The minimum Gasteiger partial charge on any atom is -0.472 e. The summed E-state index contributed by atoms with van der Waals surface area (Å²) in [6, 6.07) is 11.8. The third-order valence-electron chi connectivity index (χ3n) is 8.74. The van der Waals surface area contributed by atoms with Crippen LogP contribution in [0.4, 0.5) is 0 Å². The lowest BCUT2D eigenvalue weighted by atomic mass is 9.83. The van der Waals surface area contributed by atoms with Crippen LogP contribution in [-0.4, -0.2) is 58.6 Å². The number of nitrogens with zero attached hydrogens (tertiary/aromatic N) is 5. The normalized spacial score (nSPS) is 19.3. The van der Waals surface area contributed by atoms with Crippen molar-refractivity contribution in [2.45, 2.75) is 76.3 Å². The number of hydrogen-bond acceptors (Lipinski definition) is 9. The van der Waals surface area contributed by atoms with Crippen LogP contribution >= 0.6 is 10.8 Å². The largest absolute Gasteiger partial charge is 0.472 e. The van der Waals surface area contributed by atoms with E-state index < -0.39 is 10.8 Å². The van der Waals surface area contributed by atoms with Crippen LogP contribution in [0.5, 0.6) is 5.88 Å². The molecule has 0 amide bonds. The third kappa shape index (κ3) is 5.50. The van der Waals surface area contributed by atoms with Crippen LogP contribution in [0.1, 0.15) is 72.4 Å². The van der Waals surface area contributed by atoms with Crippen LogP contribution in [0.2, 0.25) is 0 Å². The molecule has 10 nitrogen and oxygen atoms in total. The van der Waals surface area contributed by atoms with Crippen molar-refractivity contribution in [1.29, 1.82) is 0 Å². The Kier molecular flexibility index (Phi) is 8.16. The van der Waals surface area contributed by atoms with Gasteiger partial charge in [0.2, 0.25) is 5.88 Å². The quantitative estimate of drug-likeness (QED) is 0.235. The van der Waals surface area contributed by atoms with Crippen molar-refractivity contribution >= 4 is 27.8 Å². The Labute approximate surface area is 253 Å². The van der Waals surface area contributed by atoms with Gasteiger partial charge >= 0.3 is 5.97 Å². The zero-order chi connectivity index (χ0) is 30.3. The van der Waals surface area contributed by atoms with Gasteiger partial charge in [-0.15, -0.1) is 15.9 Å². The molecular weight excluding hydrogens is 566 g/mol. The van der Waals surface area contributed by atoms with Crippen molar-refractivity contribution in [3.8, 4) is 5.88 Å². The van der Waals surface area contributed by atoms with Crippen LogP contribution in [-0.2, 0) is 36.0 Å². The van der Waals surface area contributed by atoms with Gasteiger partial charge < -0.3 is 9.47 Å². The fourth-order valence-electron chi connectivity index (χ4n) is 6.48. The van der Waals surface area contributed by atoms with Crippen LogP contribution in [0.15, 0.2) is 47.5 Å². The molecule has 6 rings (SSSR count). The molecule has 2 atom stereocenters. The fraction of sp³-hybridized carbons (Fsp3) is 0.438. The maximum atomic E-state index is 13.0. The molecule has 11 heteroatoms. The number of carbonyl (C=O) groups is 1. The number of pyridine rings is 1. The Morgan fingerprint density at radius 2 is 2.05 bits per heavy atom. The van der Waals surface area contributed by atoms with E-state index in [1.165, 1.54) is 11.1 Å². The molecule has 3 heterocycles. The standard InChI is InChI=1S/C32H39N5O5S/c1-5-24-19-37(43(39,40)29-11-8-14-33-32(29)42-24)18-23-16-22(15-21-9-7-10-26(21)23)27(17-30(38)41-6-2)25-12-13-28-31(20(25)3)34-35-36(28)4/h8,11-16,24,27,39-40H,5-7,9-10,17-19H2,1-4H3/t24-,27?/m1/s1. The number of ether oxygens (including phenoxy) is 2. The molecule has 228 valence electrons. The van der Waals surface area contributed by atoms with Crippen LogP contribution in [0, 0.1) is 6.92 Å². The Morgan fingerprint density at radius 3 is 2.84 bits per heavy atom. The molecular formula is C32H39N5O5S. The number of aromatic nitrogens is 4. The number of hydrogen-bond donors (Lipinski definition) is 2. The summed E-state index contributed by atoms with van der Waals surface area (Å²) in [6.45, 7) is 6.87. The first kappa shape index (κ1) is 29.6. The van der Waals surface area contributed by atoms with E-state index in [0.29, 0.717) is 31.0 Å². The summed E-state index contributed by atoms with van der Waals surface area (Å²) in [5.41, 5.74) is 8.27. The van der Waals surface area contributed by atoms with E-state index in [1.807, 2.05) is 33.9 Å². The molecule has 0 fully saturated rings. The maximum Gasteiger partial charge on any atom is 0.306 e. The minimum absolute atomic E-state index is 0.183. The predicted molar refractivity (Wildman–Crippen MR) is 165 cm³/mol. The second-order valence-corrected chi connectivity index (χ2v) is 13.4. The first-order chi connectivity index (χ1) is 20.7. The molecule has 2 N–H and O–H groups in total. The first-order valence-corrected chi connectivity index (χ1v) is 16.5. The minimum atomic E-state index is -3.36. The number of esters is 1. The van der Waals surface area contributed by atoms with E-state index >= 15 is 0 Å². The van der Waals surface area contributed by atoms with Gasteiger partial charge in [-0.25, -0.2) is 9.67 Å². The highest BCUT2D eigenvalue weighted by Gasteiger charge is 2.36. The number of rotatable bonds is 8. The van der Waals surface area contributed by atoms with E-state index in [4.69, 9.17) is 9.47 Å². The van der Waals surface area contributed by atoms with Gasteiger partial charge in [-0.05, 0) is 91.1 Å². The van der Waals surface area contributed by atoms with E-state index in [2.05, 4.69) is 33.5 Å². The van der Waals surface area contributed by atoms with Gasteiger partial charge in [-0.1, -0.05) is 30.3 Å². The summed E-state index contributed by atoms with van der Waals surface area (Å²) in [7, 11) is -1.50. The topological polar surface area (TPSA) is 123 Å². The molecule has 4 aromatic rings. The summed E-state index contributed by atoms with van der Waals surface area (Å²) < 4.78 is 38.3. The number of fused-ring (bicyclic) bond motifs is 3. The Morgan fingerprint density at radius 1 is 1.21 bits per heavy atom. The molecule has 1 unspecified atom stereocenters. The molecule has 1 aliphatic carbocycles. The second-order valence-electron chi connectivity index (χ2n) is 11.4. The van der Waals surface area contributed by atoms with Crippen LogP contribution in [0.25, 0.3) is 11.0 Å². The SMILES string of the molecule is CCOC(=O)CC(c1cc2c(c(CN3C[C@@H](CC)Oc4ncccc4S3(O)O)c1)CCC2)c1ccc2c(nnn2C)c1C. The molecule has 2 aliphatic rings. The third-order valence-corrected chi connectivity index (χ3v) is 10.6. The van der Waals surface area contributed by atoms with Crippen LogP contribution in [0.3, 0.4) is 0 Å². The first-order valence-electron chi connectivity index (χ1n) is 14.9. The van der Waals surface area contributed by atoms with Crippen molar-refractivity contribution < 1.29 is 23.4 Å². The maximum absolute atomic E-state index is 13.0. The van der Waals surface area contributed by atoms with Crippen molar-refractivity contribution in [3.05, 3.63) is 76.0 Å². The summed E-state index contributed by atoms with van der Waals surface area (Å²) in [5, 5.41) is 8.61. The average molecular weight is 606 g/mol. The second kappa shape index (κ2) is 11.9. The Balaban J connectivity index is 1.45. The highest BCUT2D eigenvalue weighted by molar-refractivity contribution is 8.22. The Hall–Kier alpha value is -3.51. The van der Waals surface area contributed by atoms with Crippen molar-refractivity contribution in [2.75, 3.05) is 13.2 Å². The van der Waals surface area contributed by atoms with E-state index in [1.54, 1.807) is 27.3 Å². The van der Waals surface area contributed by atoms with Gasteiger partial charge in [-0.2, -0.15) is 4.31 Å². The number of carbonyl (C=O) groups excluding carboxylic acids is 1. The lowest BCUT2D eigenvalue weighted by Gasteiger charge is -2.42. The van der Waals surface area contributed by atoms with Gasteiger partial charge in [0.25, 0.3) is 0 Å². The highest BCUT2D eigenvalue weighted by Crippen LogP contribution is 2.57. The molecule has 0 saturated heterocycles. The molecule has 0 spiro atoms. The summed E-state index contributed by atoms with van der Waals surface area (Å²) in [6.07, 6.45) is 5.15. The lowest BCUT2D eigenvalue weighted by molar-refractivity contribution is -0.143. The molecule has 2 aromatic heterocycles. The lowest BCUT2D eigenvalue weighted by Crippen LogP contribution is -2.34. The van der Waals surface area contributed by atoms with Crippen molar-refractivity contribution in [3.63, 3.8) is 0 Å². The summed E-state index contributed by atoms with van der Waals surface area (Å²) in [4.78, 5) is 17.6. The van der Waals surface area contributed by atoms with Gasteiger partial charge in [-0.3, -0.25) is 13.9 Å². The van der Waals surface area contributed by atoms with E-state index in [-0.39, 0.29) is 30.3 Å². The summed E-state index contributed by atoms with van der Waals surface area (Å²) >= 11 is 0. The molecule has 0 bridgehead atoms. The van der Waals surface area contributed by atoms with E-state index in [0.717, 1.165) is 52.5 Å². The molecule has 0 radical (unpaired) electrons. The van der Waals surface area contributed by atoms with Crippen LogP contribution < -0.4 is 4.74 Å². The smallest absolute Gasteiger partial charge is 0.306 e. The highest BCUT2D eigenvalue weighted by atomic mass is 32.3. The number of aryl methyl sites for hydroxylation is 3. The van der Waals surface area contributed by atoms with Crippen molar-refractivity contribution in [1.82, 2.24) is 24.3 Å². The van der Waals surface area contributed by atoms with Gasteiger partial charge in [0.05, 0.1) is 25.1 Å². The van der Waals surface area contributed by atoms with Gasteiger partial charge in [0.1, 0.15) is 16.5 Å². The zero-order valence-corrected chi connectivity index (χ0v) is 25.9. The molecule has 1 aliphatic heterocycles. The fourth-order valence-corrected chi connectivity index (χ4v) is 8.05. The number of benzene rings is 2. The predicted octanol–water partition coefficient (Wildman–Crippen LogP) is 5.94. The monoisotopic (exact) mass is 605 g/mol. The molecule has 0 saturated carbocycles. The van der Waals surface area contributed by atoms with Gasteiger partial charge in [0.15, 0.2) is 0 Å². The molecule has 2 aromatic carbocycles. The average Bonchev–Trinajstić information content (AvgIpc) is 3.60. The Bertz CT molecular complexity index is 1670. The van der Waals surface area contributed by atoms with Gasteiger partial charge in [0, 0.05) is 25.7 Å².